The molecule has 1 heterocycles. The summed E-state index contributed by atoms with van der Waals surface area (Å²) in [7, 11) is 2.33. The SMILES string of the molecule is COC(=O)CNC(=O)c1cc(C(=O)OC)c(O)c2ncc(Cc3ccc(F)cc3)cc12. The monoisotopic (exact) mass is 426 g/mol. The van der Waals surface area contributed by atoms with Crippen LogP contribution in [0.5, 0.6) is 5.75 Å². The molecule has 0 aliphatic carbocycles. The first kappa shape index (κ1) is 21.7. The molecule has 0 aliphatic rings. The molecule has 0 fully saturated rings. The van der Waals surface area contributed by atoms with Gasteiger partial charge in [0.1, 0.15) is 23.4 Å². The predicted octanol–water partition coefficient (Wildman–Crippen LogP) is 2.36. The number of methoxy groups -OCH3 is 2. The second-order valence-electron chi connectivity index (χ2n) is 6.61. The molecule has 160 valence electrons. The first-order chi connectivity index (χ1) is 14.8. The molecule has 9 heteroatoms. The van der Waals surface area contributed by atoms with Crippen molar-refractivity contribution >= 4 is 28.7 Å². The van der Waals surface area contributed by atoms with Gasteiger partial charge in [-0.2, -0.15) is 0 Å². The number of carbonyl (C=O) groups excluding carboxylic acids is 3. The van der Waals surface area contributed by atoms with Gasteiger partial charge in [0.15, 0.2) is 5.75 Å². The molecule has 0 radical (unpaired) electrons. The van der Waals surface area contributed by atoms with Crippen LogP contribution in [0.4, 0.5) is 4.39 Å². The zero-order valence-corrected chi connectivity index (χ0v) is 16.8. The average Bonchev–Trinajstić information content (AvgIpc) is 2.78. The van der Waals surface area contributed by atoms with Gasteiger partial charge in [-0.05, 0) is 41.8 Å². The van der Waals surface area contributed by atoms with Crippen molar-refractivity contribution in [3.8, 4) is 5.75 Å². The number of esters is 2. The van der Waals surface area contributed by atoms with Crippen LogP contribution in [0.3, 0.4) is 0 Å². The summed E-state index contributed by atoms with van der Waals surface area (Å²) in [6.45, 7) is -0.381. The van der Waals surface area contributed by atoms with Gasteiger partial charge in [-0.1, -0.05) is 12.1 Å². The molecule has 1 aromatic heterocycles. The summed E-state index contributed by atoms with van der Waals surface area (Å²) in [4.78, 5) is 40.4. The maximum absolute atomic E-state index is 13.2. The Morgan fingerprint density at radius 1 is 1.03 bits per heavy atom. The van der Waals surface area contributed by atoms with E-state index in [0.29, 0.717) is 12.0 Å². The van der Waals surface area contributed by atoms with E-state index in [9.17, 15) is 23.9 Å². The highest BCUT2D eigenvalue weighted by Gasteiger charge is 2.22. The smallest absolute Gasteiger partial charge is 0.341 e. The molecule has 0 unspecified atom stereocenters. The minimum atomic E-state index is -0.849. The zero-order valence-electron chi connectivity index (χ0n) is 16.8. The van der Waals surface area contributed by atoms with Gasteiger partial charge in [-0.25, -0.2) is 9.18 Å². The Kier molecular flexibility index (Phi) is 6.44. The fourth-order valence-electron chi connectivity index (χ4n) is 3.03. The number of amides is 1. The highest BCUT2D eigenvalue weighted by Crippen LogP contribution is 2.32. The molecular formula is C22H19FN2O6. The second kappa shape index (κ2) is 9.21. The van der Waals surface area contributed by atoms with Crippen LogP contribution in [-0.4, -0.2) is 48.7 Å². The molecule has 0 spiro atoms. The van der Waals surface area contributed by atoms with Crippen molar-refractivity contribution in [2.75, 3.05) is 20.8 Å². The van der Waals surface area contributed by atoms with Gasteiger partial charge in [0, 0.05) is 17.1 Å². The van der Waals surface area contributed by atoms with E-state index < -0.39 is 23.6 Å². The van der Waals surface area contributed by atoms with Crippen molar-refractivity contribution in [2.45, 2.75) is 6.42 Å². The van der Waals surface area contributed by atoms with Crippen molar-refractivity contribution in [1.82, 2.24) is 10.3 Å². The lowest BCUT2D eigenvalue weighted by atomic mass is 9.98. The Morgan fingerprint density at radius 2 is 1.74 bits per heavy atom. The summed E-state index contributed by atoms with van der Waals surface area (Å²) in [5, 5.41) is 13.2. The molecule has 1 amide bonds. The number of rotatable bonds is 6. The fraction of sp³-hybridized carbons (Fsp3) is 0.182. The van der Waals surface area contributed by atoms with E-state index in [1.54, 1.807) is 18.2 Å². The lowest BCUT2D eigenvalue weighted by Gasteiger charge is -2.13. The normalized spacial score (nSPS) is 10.5. The Balaban J connectivity index is 2.08. The van der Waals surface area contributed by atoms with Crippen molar-refractivity contribution in [2.24, 2.45) is 0 Å². The van der Waals surface area contributed by atoms with Crippen LogP contribution in [0.25, 0.3) is 10.9 Å². The number of benzene rings is 2. The third-order valence-corrected chi connectivity index (χ3v) is 4.59. The fourth-order valence-corrected chi connectivity index (χ4v) is 3.03. The molecule has 31 heavy (non-hydrogen) atoms. The summed E-state index contributed by atoms with van der Waals surface area (Å²) in [6.07, 6.45) is 1.88. The van der Waals surface area contributed by atoms with Crippen LogP contribution in [0, 0.1) is 5.82 Å². The number of nitrogens with one attached hydrogen (secondary N) is 1. The first-order valence-corrected chi connectivity index (χ1v) is 9.16. The van der Waals surface area contributed by atoms with Crippen molar-refractivity contribution in [1.29, 1.82) is 0 Å². The van der Waals surface area contributed by atoms with E-state index in [4.69, 9.17) is 0 Å². The molecule has 0 bridgehead atoms. The highest BCUT2D eigenvalue weighted by atomic mass is 19.1. The van der Waals surface area contributed by atoms with E-state index in [1.165, 1.54) is 31.5 Å². The number of halogens is 1. The van der Waals surface area contributed by atoms with Gasteiger partial charge < -0.3 is 19.9 Å². The first-order valence-electron chi connectivity index (χ1n) is 9.16. The van der Waals surface area contributed by atoms with E-state index in [0.717, 1.165) is 12.7 Å². The van der Waals surface area contributed by atoms with Crippen molar-refractivity contribution < 1.29 is 33.4 Å². The van der Waals surface area contributed by atoms with Crippen LogP contribution in [-0.2, 0) is 20.7 Å². The lowest BCUT2D eigenvalue weighted by Crippen LogP contribution is -2.30. The summed E-state index contributed by atoms with van der Waals surface area (Å²) in [5.74, 6) is -2.95. The number of phenolic OH excluding ortho intramolecular Hbond substituents is 1. The Morgan fingerprint density at radius 3 is 2.39 bits per heavy atom. The number of aromatic hydroxyl groups is 1. The zero-order chi connectivity index (χ0) is 22.5. The quantitative estimate of drug-likeness (QED) is 0.582. The van der Waals surface area contributed by atoms with Crippen LogP contribution >= 0.6 is 0 Å². The van der Waals surface area contributed by atoms with Gasteiger partial charge in [0.25, 0.3) is 5.91 Å². The van der Waals surface area contributed by atoms with Gasteiger partial charge in [0.05, 0.1) is 14.2 Å². The molecular weight excluding hydrogens is 407 g/mol. The van der Waals surface area contributed by atoms with Crippen LogP contribution in [0.2, 0.25) is 0 Å². The van der Waals surface area contributed by atoms with E-state index >= 15 is 0 Å². The number of ether oxygens (including phenoxy) is 2. The summed E-state index contributed by atoms with van der Waals surface area (Å²) in [5.41, 5.74) is 1.30. The molecule has 2 N–H and O–H groups in total. The number of nitrogens with zero attached hydrogens (tertiary/aromatic N) is 1. The molecule has 3 rings (SSSR count). The molecule has 0 saturated heterocycles. The third-order valence-electron chi connectivity index (χ3n) is 4.59. The topological polar surface area (TPSA) is 115 Å². The second-order valence-corrected chi connectivity index (χ2v) is 6.61. The number of hydrogen-bond donors (Lipinski definition) is 2. The summed E-state index contributed by atoms with van der Waals surface area (Å²) in [6, 6.07) is 8.75. The van der Waals surface area contributed by atoms with Crippen molar-refractivity contribution in [3.63, 3.8) is 0 Å². The largest absolute Gasteiger partial charge is 0.505 e. The number of pyridine rings is 1. The molecule has 3 aromatic rings. The van der Waals surface area contributed by atoms with E-state index in [2.05, 4.69) is 19.8 Å². The van der Waals surface area contributed by atoms with Crippen LogP contribution in [0.1, 0.15) is 31.8 Å². The molecule has 0 saturated carbocycles. The summed E-state index contributed by atoms with van der Waals surface area (Å²) < 4.78 is 22.3. The molecule has 8 nitrogen and oxygen atoms in total. The number of fused-ring (bicyclic) bond motifs is 1. The summed E-state index contributed by atoms with van der Waals surface area (Å²) >= 11 is 0. The minimum Gasteiger partial charge on any atom is -0.505 e. The Labute approximate surface area is 176 Å². The van der Waals surface area contributed by atoms with Gasteiger partial charge >= 0.3 is 11.9 Å². The number of aromatic nitrogens is 1. The Hall–Kier alpha value is -4.01. The van der Waals surface area contributed by atoms with E-state index in [-0.39, 0.29) is 34.4 Å². The molecule has 2 aromatic carbocycles. The highest BCUT2D eigenvalue weighted by molar-refractivity contribution is 6.12. The standard InChI is InChI=1S/C22H19FN2O6/c1-30-18(26)11-25-21(28)16-9-17(22(29)31-2)20(27)19-15(16)8-13(10-24-19)7-12-3-5-14(23)6-4-12/h3-6,8-10,27H,7,11H2,1-2H3,(H,25,28). The molecule has 0 aliphatic heterocycles. The van der Waals surface area contributed by atoms with Crippen molar-refractivity contribution in [3.05, 3.63) is 70.7 Å². The predicted molar refractivity (Wildman–Crippen MR) is 108 cm³/mol. The van der Waals surface area contributed by atoms with Crippen LogP contribution in [0.15, 0.2) is 42.6 Å². The van der Waals surface area contributed by atoms with E-state index in [1.807, 2.05) is 0 Å². The van der Waals surface area contributed by atoms with Gasteiger partial charge in [-0.15, -0.1) is 0 Å². The maximum atomic E-state index is 13.2. The number of carbonyl (C=O) groups is 3. The van der Waals surface area contributed by atoms with Crippen LogP contribution < -0.4 is 5.32 Å². The average molecular weight is 426 g/mol. The molecule has 0 atom stereocenters. The van der Waals surface area contributed by atoms with Gasteiger partial charge in [0.2, 0.25) is 0 Å². The Bertz CT molecular complexity index is 1160. The third kappa shape index (κ3) is 4.77. The lowest BCUT2D eigenvalue weighted by molar-refractivity contribution is -0.139. The number of phenols is 1. The maximum Gasteiger partial charge on any atom is 0.341 e. The number of hydrogen-bond acceptors (Lipinski definition) is 7. The minimum absolute atomic E-state index is 0.0190. The van der Waals surface area contributed by atoms with Gasteiger partial charge in [-0.3, -0.25) is 14.6 Å².